The molecule has 0 radical (unpaired) electrons. The lowest BCUT2D eigenvalue weighted by molar-refractivity contribution is -0.887. The molecule has 0 rings (SSSR count). The van der Waals surface area contributed by atoms with Gasteiger partial charge in [0, 0.05) is 19.3 Å². The van der Waals surface area contributed by atoms with E-state index < -0.39 is 18.1 Å². The van der Waals surface area contributed by atoms with E-state index in [1.54, 1.807) is 0 Å². The number of esters is 2. The van der Waals surface area contributed by atoms with Gasteiger partial charge in [0.1, 0.15) is 6.61 Å². The van der Waals surface area contributed by atoms with E-state index >= 15 is 0 Å². The number of nitrogens with zero attached hydrogens (tertiary/aromatic N) is 1. The van der Waals surface area contributed by atoms with Crippen molar-refractivity contribution in [1.82, 2.24) is 0 Å². The fourth-order valence-corrected chi connectivity index (χ4v) is 6.77. The van der Waals surface area contributed by atoms with Crippen molar-refractivity contribution in [1.29, 1.82) is 0 Å². The van der Waals surface area contributed by atoms with Gasteiger partial charge >= 0.3 is 17.9 Å². The first-order valence-corrected chi connectivity index (χ1v) is 23.8. The van der Waals surface area contributed by atoms with Crippen LogP contribution in [0.4, 0.5) is 0 Å². The van der Waals surface area contributed by atoms with Crippen molar-refractivity contribution < 1.29 is 38.2 Å². The fourth-order valence-electron chi connectivity index (χ4n) is 6.77. The molecule has 0 aliphatic carbocycles. The zero-order valence-electron chi connectivity index (χ0n) is 38.7. The first kappa shape index (κ1) is 56.0. The van der Waals surface area contributed by atoms with Crippen molar-refractivity contribution >= 4 is 17.9 Å². The van der Waals surface area contributed by atoms with Crippen LogP contribution in [0.3, 0.4) is 0 Å². The summed E-state index contributed by atoms with van der Waals surface area (Å²) in [4.78, 5) is 37.1. The highest BCUT2D eigenvalue weighted by Gasteiger charge is 2.31. The van der Waals surface area contributed by atoms with Crippen LogP contribution in [0, 0.1) is 0 Å². The van der Waals surface area contributed by atoms with Gasteiger partial charge in [-0.1, -0.05) is 177 Å². The van der Waals surface area contributed by atoms with E-state index in [-0.39, 0.29) is 42.7 Å². The average molecular weight is 829 g/mol. The third-order valence-corrected chi connectivity index (χ3v) is 10.4. The SMILES string of the molecule is CC/C=C/C/C=C/C/C=C/C/C=C/C/C=C/CCCCCC(=O)OC(COCCC(C(=O)O)[N+](C)(C)C)COC(=O)CCCCCCCCCCCCCCCCCC. The maximum absolute atomic E-state index is 12.7. The number of rotatable bonds is 42. The molecule has 0 aromatic heterocycles. The molecule has 0 aliphatic heterocycles. The summed E-state index contributed by atoms with van der Waals surface area (Å²) in [6, 6.07) is -0.622. The summed E-state index contributed by atoms with van der Waals surface area (Å²) >= 11 is 0. The third kappa shape index (κ3) is 40.2. The van der Waals surface area contributed by atoms with E-state index in [0.29, 0.717) is 12.8 Å². The van der Waals surface area contributed by atoms with Crippen LogP contribution in [0.2, 0.25) is 0 Å². The van der Waals surface area contributed by atoms with Crippen LogP contribution >= 0.6 is 0 Å². The molecule has 0 fully saturated rings. The van der Waals surface area contributed by atoms with E-state index in [0.717, 1.165) is 77.0 Å². The minimum Gasteiger partial charge on any atom is -0.477 e. The molecule has 0 saturated heterocycles. The number of hydrogen-bond acceptors (Lipinski definition) is 6. The highest BCUT2D eigenvalue weighted by atomic mass is 16.6. The monoisotopic (exact) mass is 829 g/mol. The lowest BCUT2D eigenvalue weighted by Gasteiger charge is -2.31. The molecule has 0 spiro atoms. The molecule has 0 heterocycles. The molecule has 0 aliphatic rings. The van der Waals surface area contributed by atoms with Crippen molar-refractivity contribution in [3.8, 4) is 0 Å². The lowest BCUT2D eigenvalue weighted by atomic mass is 10.0. The Kier molecular flexibility index (Phi) is 39.6. The molecule has 0 aromatic rings. The second kappa shape index (κ2) is 41.8. The van der Waals surface area contributed by atoms with Gasteiger partial charge in [0.25, 0.3) is 0 Å². The Hall–Kier alpha value is -2.97. The van der Waals surface area contributed by atoms with E-state index in [2.05, 4.69) is 74.6 Å². The Bertz CT molecular complexity index is 1150. The molecule has 8 heteroatoms. The Morgan fingerprint density at radius 3 is 1.41 bits per heavy atom. The van der Waals surface area contributed by atoms with Crippen LogP contribution in [-0.2, 0) is 28.6 Å². The number of carbonyl (C=O) groups is 3. The predicted molar refractivity (Wildman–Crippen MR) is 247 cm³/mol. The van der Waals surface area contributed by atoms with Gasteiger partial charge in [0.15, 0.2) is 12.1 Å². The molecule has 2 atom stereocenters. The van der Waals surface area contributed by atoms with Gasteiger partial charge in [-0.2, -0.15) is 0 Å². The van der Waals surface area contributed by atoms with E-state index in [1.165, 1.54) is 83.5 Å². The first-order valence-electron chi connectivity index (χ1n) is 23.8. The molecule has 8 nitrogen and oxygen atoms in total. The summed E-state index contributed by atoms with van der Waals surface area (Å²) in [6.45, 7) is 4.60. The average Bonchev–Trinajstić information content (AvgIpc) is 3.19. The Labute approximate surface area is 362 Å². The van der Waals surface area contributed by atoms with Crippen molar-refractivity contribution in [2.24, 2.45) is 0 Å². The fraction of sp³-hybridized carbons (Fsp3) is 0.745. The van der Waals surface area contributed by atoms with Crippen molar-refractivity contribution in [2.75, 3.05) is 41.0 Å². The maximum atomic E-state index is 12.7. The molecule has 340 valence electrons. The normalized spacial score (nSPS) is 13.4. The van der Waals surface area contributed by atoms with E-state index in [9.17, 15) is 19.5 Å². The summed E-state index contributed by atoms with van der Waals surface area (Å²) in [6.07, 6.45) is 51.2. The standard InChI is InChI=1S/C51H89NO7/c1-6-8-10-12-14-16-18-20-22-24-25-26-28-30-32-34-36-38-40-42-50(54)59-47(45-57-44-43-48(51(55)56)52(3,4)5)46-58-49(53)41-39-37-35-33-31-29-27-23-21-19-17-15-13-11-9-7-2/h8,10,14,16,20,22,25-26,30,32,47-48H,6-7,9,11-13,15,17-19,21,23-24,27-29,31,33-46H2,1-5H3/p+1/b10-8+,16-14+,22-20+,26-25+,32-30+. The number of ether oxygens (including phenoxy) is 3. The topological polar surface area (TPSA) is 99.1 Å². The smallest absolute Gasteiger partial charge is 0.362 e. The van der Waals surface area contributed by atoms with Crippen LogP contribution in [0.25, 0.3) is 0 Å². The molecule has 2 unspecified atom stereocenters. The number of unbranched alkanes of at least 4 members (excludes halogenated alkanes) is 18. The quantitative estimate of drug-likeness (QED) is 0.0283. The second-order valence-corrected chi connectivity index (χ2v) is 17.0. The second-order valence-electron chi connectivity index (χ2n) is 17.0. The third-order valence-electron chi connectivity index (χ3n) is 10.4. The van der Waals surface area contributed by atoms with Gasteiger partial charge in [-0.25, -0.2) is 4.79 Å². The van der Waals surface area contributed by atoms with E-state index in [4.69, 9.17) is 14.2 Å². The minimum atomic E-state index is -0.881. The van der Waals surface area contributed by atoms with Gasteiger partial charge in [0.05, 0.1) is 34.4 Å². The Morgan fingerprint density at radius 2 is 0.949 bits per heavy atom. The van der Waals surface area contributed by atoms with E-state index in [1.807, 2.05) is 21.1 Å². The highest BCUT2D eigenvalue weighted by Crippen LogP contribution is 2.15. The largest absolute Gasteiger partial charge is 0.477 e. The van der Waals surface area contributed by atoms with Gasteiger partial charge in [0.2, 0.25) is 0 Å². The number of likely N-dealkylation sites (N-methyl/N-ethyl adjacent to an activating group) is 1. The summed E-state index contributed by atoms with van der Waals surface area (Å²) < 4.78 is 17.3. The van der Waals surface area contributed by atoms with Crippen LogP contribution in [0.15, 0.2) is 60.8 Å². The van der Waals surface area contributed by atoms with Crippen molar-refractivity contribution in [2.45, 2.75) is 206 Å². The molecule has 0 saturated carbocycles. The molecule has 1 N–H and O–H groups in total. The molecule has 0 bridgehead atoms. The van der Waals surface area contributed by atoms with Crippen molar-refractivity contribution in [3.63, 3.8) is 0 Å². The van der Waals surface area contributed by atoms with Gasteiger partial charge < -0.3 is 23.8 Å². The van der Waals surface area contributed by atoms with Crippen LogP contribution in [-0.4, -0.2) is 80.6 Å². The first-order chi connectivity index (χ1) is 28.6. The highest BCUT2D eigenvalue weighted by molar-refractivity contribution is 5.72. The Balaban J connectivity index is 4.37. The molecule has 0 amide bonds. The minimum absolute atomic E-state index is 0.0472. The number of carboxylic acids is 1. The predicted octanol–water partition coefficient (Wildman–Crippen LogP) is 13.4. The molecular weight excluding hydrogens is 739 g/mol. The number of aliphatic carboxylic acids is 1. The van der Waals surface area contributed by atoms with Crippen LogP contribution in [0.5, 0.6) is 0 Å². The number of carbonyl (C=O) groups excluding carboxylic acids is 2. The van der Waals surface area contributed by atoms with Gasteiger partial charge in [-0.05, 0) is 57.8 Å². The summed E-state index contributed by atoms with van der Waals surface area (Å²) in [5, 5.41) is 9.63. The van der Waals surface area contributed by atoms with Gasteiger partial charge in [-0.3, -0.25) is 9.59 Å². The lowest BCUT2D eigenvalue weighted by Crippen LogP contribution is -2.50. The zero-order valence-corrected chi connectivity index (χ0v) is 38.7. The zero-order chi connectivity index (χ0) is 43.5. The Morgan fingerprint density at radius 1 is 0.525 bits per heavy atom. The maximum Gasteiger partial charge on any atom is 0.362 e. The number of quaternary nitrogens is 1. The van der Waals surface area contributed by atoms with Crippen LogP contribution in [0.1, 0.15) is 194 Å². The van der Waals surface area contributed by atoms with Gasteiger partial charge in [-0.15, -0.1) is 0 Å². The summed E-state index contributed by atoms with van der Waals surface area (Å²) in [5.74, 6) is -1.51. The van der Waals surface area contributed by atoms with Crippen molar-refractivity contribution in [3.05, 3.63) is 60.8 Å². The molecule has 59 heavy (non-hydrogen) atoms. The summed E-state index contributed by atoms with van der Waals surface area (Å²) in [7, 11) is 5.52. The number of carboxylic acid groups (broad SMARTS) is 1. The summed E-state index contributed by atoms with van der Waals surface area (Å²) in [5.41, 5.74) is 0. The number of hydrogen-bond donors (Lipinski definition) is 1. The number of allylic oxidation sites excluding steroid dienone is 10. The molecule has 0 aromatic carbocycles. The molecular formula is C51H90NO7+. The van der Waals surface area contributed by atoms with Crippen LogP contribution < -0.4 is 0 Å².